The molecule has 0 unspecified atom stereocenters. The lowest BCUT2D eigenvalue weighted by molar-refractivity contribution is 0.189. The van der Waals surface area contributed by atoms with E-state index >= 15 is 0 Å². The topological polar surface area (TPSA) is 9.23 Å². The normalized spacial score (nSPS) is 31.3. The van der Waals surface area contributed by atoms with Gasteiger partial charge in [0.15, 0.2) is 0 Å². The van der Waals surface area contributed by atoms with E-state index in [0.29, 0.717) is 0 Å². The van der Waals surface area contributed by atoms with E-state index in [2.05, 4.69) is 22.6 Å². The Bertz CT molecular complexity index is 50.0. The van der Waals surface area contributed by atoms with Crippen LogP contribution in [0.25, 0.3) is 0 Å². The highest BCUT2D eigenvalue weighted by atomic mass is 127. The van der Waals surface area contributed by atoms with E-state index < -0.39 is 0 Å². The average molecular weight is 212 g/mol. The van der Waals surface area contributed by atoms with Crippen LogP contribution in [0.3, 0.4) is 0 Å². The van der Waals surface area contributed by atoms with Gasteiger partial charge in [-0.2, -0.15) is 0 Å². The second kappa shape index (κ2) is 2.87. The van der Waals surface area contributed by atoms with Crippen molar-refractivity contribution in [1.29, 1.82) is 0 Å². The number of rotatable bonds is 1. The molecular formula is C5H9IO. The van der Waals surface area contributed by atoms with Crippen molar-refractivity contribution in [3.8, 4) is 0 Å². The fraction of sp³-hybridized carbons (Fsp3) is 1.00. The highest BCUT2D eigenvalue weighted by molar-refractivity contribution is 14.1. The van der Waals surface area contributed by atoms with Crippen molar-refractivity contribution in [1.82, 2.24) is 0 Å². The number of halogens is 1. The van der Waals surface area contributed by atoms with Gasteiger partial charge >= 0.3 is 0 Å². The molecule has 1 atom stereocenters. The van der Waals surface area contributed by atoms with Crippen molar-refractivity contribution in [2.75, 3.05) is 17.6 Å². The van der Waals surface area contributed by atoms with Crippen LogP contribution in [0.5, 0.6) is 0 Å². The maximum Gasteiger partial charge on any atom is 0.0502 e. The summed E-state index contributed by atoms with van der Waals surface area (Å²) < 4.78 is 6.40. The van der Waals surface area contributed by atoms with Crippen LogP contribution < -0.4 is 0 Å². The first-order chi connectivity index (χ1) is 3.43. The van der Waals surface area contributed by atoms with Crippen LogP contribution >= 0.6 is 22.6 Å². The summed E-state index contributed by atoms with van der Waals surface area (Å²) >= 11 is 2.41. The monoisotopic (exact) mass is 212 g/mol. The molecule has 0 spiro atoms. The molecule has 1 saturated heterocycles. The predicted octanol–water partition coefficient (Wildman–Crippen LogP) is 1.46. The lowest BCUT2D eigenvalue weighted by Crippen LogP contribution is -1.98. The first-order valence-corrected chi connectivity index (χ1v) is 4.09. The van der Waals surface area contributed by atoms with Crippen LogP contribution in [0.4, 0.5) is 0 Å². The van der Waals surface area contributed by atoms with E-state index in [4.69, 9.17) is 4.74 Å². The van der Waals surface area contributed by atoms with Crippen LogP contribution in [0.2, 0.25) is 0 Å². The third kappa shape index (κ3) is 1.57. The van der Waals surface area contributed by atoms with E-state index in [1.54, 1.807) is 0 Å². The van der Waals surface area contributed by atoms with Gasteiger partial charge in [0.1, 0.15) is 0 Å². The largest absolute Gasteiger partial charge is 0.381 e. The molecule has 0 radical (unpaired) electrons. The van der Waals surface area contributed by atoms with Gasteiger partial charge in [-0.25, -0.2) is 0 Å². The van der Waals surface area contributed by atoms with Crippen molar-refractivity contribution >= 4 is 22.6 Å². The molecule has 1 rings (SSSR count). The molecular weight excluding hydrogens is 203 g/mol. The van der Waals surface area contributed by atoms with E-state index in [0.717, 1.165) is 19.1 Å². The first kappa shape index (κ1) is 5.82. The number of ether oxygens (including phenoxy) is 1. The Hall–Kier alpha value is 0.690. The SMILES string of the molecule is IC[C@H]1CCOC1. The van der Waals surface area contributed by atoms with E-state index in [9.17, 15) is 0 Å². The maximum absolute atomic E-state index is 5.14. The van der Waals surface area contributed by atoms with Gasteiger partial charge in [0, 0.05) is 11.0 Å². The molecule has 0 amide bonds. The molecule has 7 heavy (non-hydrogen) atoms. The van der Waals surface area contributed by atoms with Crippen molar-refractivity contribution in [3.63, 3.8) is 0 Å². The lowest BCUT2D eigenvalue weighted by atomic mass is 10.2. The van der Waals surface area contributed by atoms with Crippen molar-refractivity contribution < 1.29 is 4.74 Å². The zero-order chi connectivity index (χ0) is 5.11. The second-order valence-electron chi connectivity index (χ2n) is 1.88. The molecule has 0 N–H and O–H groups in total. The zero-order valence-corrected chi connectivity index (χ0v) is 6.35. The molecule has 2 heteroatoms. The lowest BCUT2D eigenvalue weighted by Gasteiger charge is -1.96. The Labute approximate surface area is 57.6 Å². The summed E-state index contributed by atoms with van der Waals surface area (Å²) in [5.41, 5.74) is 0. The van der Waals surface area contributed by atoms with E-state index in [1.807, 2.05) is 0 Å². The van der Waals surface area contributed by atoms with Gasteiger partial charge in [-0.1, -0.05) is 22.6 Å². The molecule has 42 valence electrons. The Morgan fingerprint density at radius 3 is 2.86 bits per heavy atom. The third-order valence-corrected chi connectivity index (χ3v) is 2.49. The highest BCUT2D eigenvalue weighted by Crippen LogP contribution is 2.13. The van der Waals surface area contributed by atoms with E-state index in [-0.39, 0.29) is 0 Å². The second-order valence-corrected chi connectivity index (χ2v) is 2.76. The highest BCUT2D eigenvalue weighted by Gasteiger charge is 2.12. The Morgan fingerprint density at radius 1 is 1.71 bits per heavy atom. The summed E-state index contributed by atoms with van der Waals surface area (Å²) in [5.74, 6) is 0.862. The molecule has 1 aliphatic heterocycles. The maximum atomic E-state index is 5.14. The van der Waals surface area contributed by atoms with Crippen LogP contribution in [-0.2, 0) is 4.74 Å². The summed E-state index contributed by atoms with van der Waals surface area (Å²) in [7, 11) is 0. The smallest absolute Gasteiger partial charge is 0.0502 e. The Balaban J connectivity index is 2.14. The quantitative estimate of drug-likeness (QED) is 0.472. The van der Waals surface area contributed by atoms with Gasteiger partial charge in [-0.05, 0) is 12.3 Å². The number of alkyl halides is 1. The zero-order valence-electron chi connectivity index (χ0n) is 4.19. The fourth-order valence-corrected chi connectivity index (χ4v) is 1.40. The first-order valence-electron chi connectivity index (χ1n) is 2.57. The summed E-state index contributed by atoms with van der Waals surface area (Å²) in [5, 5.41) is 0. The van der Waals surface area contributed by atoms with Gasteiger partial charge in [-0.15, -0.1) is 0 Å². The van der Waals surface area contributed by atoms with Gasteiger partial charge < -0.3 is 4.74 Å². The fourth-order valence-electron chi connectivity index (χ4n) is 0.705. The average Bonchev–Trinajstić information content (AvgIpc) is 2.14. The molecule has 1 aliphatic rings. The Kier molecular flexibility index (Phi) is 2.38. The number of hydrogen-bond donors (Lipinski definition) is 0. The van der Waals surface area contributed by atoms with Crippen molar-refractivity contribution in [2.24, 2.45) is 5.92 Å². The molecule has 1 fully saturated rings. The molecule has 0 aromatic carbocycles. The summed E-state index contributed by atoms with van der Waals surface area (Å²) in [4.78, 5) is 0. The molecule has 1 heterocycles. The van der Waals surface area contributed by atoms with Crippen molar-refractivity contribution in [3.05, 3.63) is 0 Å². The molecule has 0 aliphatic carbocycles. The summed E-state index contributed by atoms with van der Waals surface area (Å²) in [6, 6.07) is 0. The molecule has 0 aromatic rings. The standard InChI is InChI=1S/C5H9IO/c6-3-5-1-2-7-4-5/h5H,1-4H2/t5-/m1/s1. The minimum atomic E-state index is 0.862. The minimum absolute atomic E-state index is 0.862. The van der Waals surface area contributed by atoms with Gasteiger partial charge in [0.05, 0.1) is 6.61 Å². The van der Waals surface area contributed by atoms with Gasteiger partial charge in [0.2, 0.25) is 0 Å². The molecule has 0 saturated carbocycles. The molecule has 0 aromatic heterocycles. The van der Waals surface area contributed by atoms with Gasteiger partial charge in [0.25, 0.3) is 0 Å². The van der Waals surface area contributed by atoms with Crippen LogP contribution in [0, 0.1) is 5.92 Å². The minimum Gasteiger partial charge on any atom is -0.381 e. The van der Waals surface area contributed by atoms with Crippen LogP contribution in [0.1, 0.15) is 6.42 Å². The van der Waals surface area contributed by atoms with E-state index in [1.165, 1.54) is 10.8 Å². The van der Waals surface area contributed by atoms with Crippen LogP contribution in [0.15, 0.2) is 0 Å². The van der Waals surface area contributed by atoms with Gasteiger partial charge in [-0.3, -0.25) is 0 Å². The summed E-state index contributed by atoms with van der Waals surface area (Å²) in [6.45, 7) is 2.00. The van der Waals surface area contributed by atoms with Crippen LogP contribution in [-0.4, -0.2) is 17.6 Å². The Morgan fingerprint density at radius 2 is 2.57 bits per heavy atom. The summed E-state index contributed by atoms with van der Waals surface area (Å²) in [6.07, 6.45) is 1.28. The number of hydrogen-bond acceptors (Lipinski definition) is 1. The molecule has 0 bridgehead atoms. The molecule has 1 nitrogen and oxygen atoms in total. The predicted molar refractivity (Wildman–Crippen MR) is 37.8 cm³/mol. The third-order valence-electron chi connectivity index (χ3n) is 1.24. The van der Waals surface area contributed by atoms with Crippen molar-refractivity contribution in [2.45, 2.75) is 6.42 Å².